The summed E-state index contributed by atoms with van der Waals surface area (Å²) in [5.74, 6) is -0.0206. The standard InChI is InChI=1S/C12H16N2O2/c1-9-5-10(7-13-6-9)12(16)14-4-2-3-11(14)8-15/h5-7,11,15H,2-4,8H2,1H3/t11-/m1/s1. The van der Waals surface area contributed by atoms with E-state index in [1.165, 1.54) is 0 Å². The largest absolute Gasteiger partial charge is 0.394 e. The molecule has 0 aliphatic carbocycles. The van der Waals surface area contributed by atoms with E-state index in [0.717, 1.165) is 24.9 Å². The van der Waals surface area contributed by atoms with Gasteiger partial charge in [-0.3, -0.25) is 9.78 Å². The lowest BCUT2D eigenvalue weighted by Gasteiger charge is -2.22. The Morgan fingerprint density at radius 3 is 3.12 bits per heavy atom. The number of amides is 1. The maximum Gasteiger partial charge on any atom is 0.255 e. The van der Waals surface area contributed by atoms with Crippen LogP contribution in [0.15, 0.2) is 18.5 Å². The lowest BCUT2D eigenvalue weighted by Crippen LogP contribution is -2.37. The smallest absolute Gasteiger partial charge is 0.255 e. The Morgan fingerprint density at radius 1 is 1.62 bits per heavy atom. The molecule has 86 valence electrons. The third kappa shape index (κ3) is 2.07. The van der Waals surface area contributed by atoms with Crippen LogP contribution >= 0.6 is 0 Å². The van der Waals surface area contributed by atoms with Crippen LogP contribution in [0.5, 0.6) is 0 Å². The van der Waals surface area contributed by atoms with Gasteiger partial charge in [-0.25, -0.2) is 0 Å². The molecule has 0 unspecified atom stereocenters. The first-order valence-corrected chi connectivity index (χ1v) is 5.56. The van der Waals surface area contributed by atoms with Crippen molar-refractivity contribution < 1.29 is 9.90 Å². The fourth-order valence-electron chi connectivity index (χ4n) is 2.13. The van der Waals surface area contributed by atoms with Crippen molar-refractivity contribution in [2.75, 3.05) is 13.2 Å². The zero-order valence-electron chi connectivity index (χ0n) is 9.39. The molecule has 1 aliphatic heterocycles. The summed E-state index contributed by atoms with van der Waals surface area (Å²) in [6, 6.07) is 1.82. The van der Waals surface area contributed by atoms with Crippen LogP contribution in [0.1, 0.15) is 28.8 Å². The Morgan fingerprint density at radius 2 is 2.44 bits per heavy atom. The average Bonchev–Trinajstić information content (AvgIpc) is 2.76. The van der Waals surface area contributed by atoms with Crippen LogP contribution in [0.25, 0.3) is 0 Å². The molecule has 4 nitrogen and oxygen atoms in total. The zero-order valence-corrected chi connectivity index (χ0v) is 9.39. The van der Waals surface area contributed by atoms with Gasteiger partial charge in [-0.05, 0) is 31.4 Å². The van der Waals surface area contributed by atoms with E-state index in [1.54, 1.807) is 17.3 Å². The van der Waals surface area contributed by atoms with Gasteiger partial charge in [0, 0.05) is 18.9 Å². The molecule has 1 N–H and O–H groups in total. The summed E-state index contributed by atoms with van der Waals surface area (Å²) in [6.07, 6.45) is 5.17. The summed E-state index contributed by atoms with van der Waals surface area (Å²) in [6.45, 7) is 2.69. The fourth-order valence-corrected chi connectivity index (χ4v) is 2.13. The van der Waals surface area contributed by atoms with Crippen molar-refractivity contribution in [3.05, 3.63) is 29.6 Å². The number of nitrogens with zero attached hydrogens (tertiary/aromatic N) is 2. The summed E-state index contributed by atoms with van der Waals surface area (Å²) >= 11 is 0. The number of hydrogen-bond acceptors (Lipinski definition) is 3. The lowest BCUT2D eigenvalue weighted by atomic mass is 10.2. The summed E-state index contributed by atoms with van der Waals surface area (Å²) in [5.41, 5.74) is 1.59. The molecule has 1 aromatic heterocycles. The molecule has 1 saturated heterocycles. The second-order valence-electron chi connectivity index (χ2n) is 4.23. The first-order chi connectivity index (χ1) is 7.72. The van der Waals surface area contributed by atoms with Crippen LogP contribution in [-0.4, -0.2) is 40.1 Å². The van der Waals surface area contributed by atoms with Gasteiger partial charge in [0.15, 0.2) is 0 Å². The number of aliphatic hydroxyl groups is 1. The molecule has 4 heteroatoms. The molecule has 1 fully saturated rings. The minimum Gasteiger partial charge on any atom is -0.394 e. The molecule has 0 radical (unpaired) electrons. The first-order valence-electron chi connectivity index (χ1n) is 5.56. The van der Waals surface area contributed by atoms with E-state index < -0.39 is 0 Å². The highest BCUT2D eigenvalue weighted by Crippen LogP contribution is 2.19. The van der Waals surface area contributed by atoms with E-state index in [1.807, 2.05) is 13.0 Å². The zero-order chi connectivity index (χ0) is 11.5. The third-order valence-electron chi connectivity index (χ3n) is 2.97. The summed E-state index contributed by atoms with van der Waals surface area (Å²) in [5, 5.41) is 9.18. The van der Waals surface area contributed by atoms with Crippen LogP contribution in [0, 0.1) is 6.92 Å². The van der Waals surface area contributed by atoms with Gasteiger partial charge in [0.1, 0.15) is 0 Å². The Bertz CT molecular complexity index is 392. The predicted octanol–water partition coefficient (Wildman–Crippen LogP) is 0.987. The number of pyridine rings is 1. The number of carbonyl (C=O) groups is 1. The van der Waals surface area contributed by atoms with E-state index in [9.17, 15) is 9.90 Å². The lowest BCUT2D eigenvalue weighted by molar-refractivity contribution is 0.0677. The molecule has 0 saturated carbocycles. The normalized spacial score (nSPS) is 20.1. The molecule has 0 bridgehead atoms. The van der Waals surface area contributed by atoms with Gasteiger partial charge in [0.05, 0.1) is 18.2 Å². The Hall–Kier alpha value is -1.42. The highest BCUT2D eigenvalue weighted by Gasteiger charge is 2.28. The maximum absolute atomic E-state index is 12.1. The van der Waals surface area contributed by atoms with E-state index in [4.69, 9.17) is 0 Å². The fraction of sp³-hybridized carbons (Fsp3) is 0.500. The third-order valence-corrected chi connectivity index (χ3v) is 2.97. The minimum atomic E-state index is -0.0206. The maximum atomic E-state index is 12.1. The number of aliphatic hydroxyl groups excluding tert-OH is 1. The Kier molecular flexibility index (Phi) is 3.19. The number of carbonyl (C=O) groups excluding carboxylic acids is 1. The molecule has 0 spiro atoms. The van der Waals surface area contributed by atoms with Crippen LogP contribution in [-0.2, 0) is 0 Å². The molecule has 1 aromatic rings. The van der Waals surface area contributed by atoms with Gasteiger partial charge in [0.2, 0.25) is 0 Å². The van der Waals surface area contributed by atoms with Crippen LogP contribution in [0.2, 0.25) is 0 Å². The summed E-state index contributed by atoms with van der Waals surface area (Å²) in [4.78, 5) is 17.9. The molecule has 16 heavy (non-hydrogen) atoms. The number of aryl methyl sites for hydroxylation is 1. The number of rotatable bonds is 2. The molecule has 1 amide bonds. The van der Waals surface area contributed by atoms with E-state index in [-0.39, 0.29) is 18.6 Å². The summed E-state index contributed by atoms with van der Waals surface area (Å²) in [7, 11) is 0. The van der Waals surface area contributed by atoms with Crippen molar-refractivity contribution in [1.82, 2.24) is 9.88 Å². The SMILES string of the molecule is Cc1cncc(C(=O)N2CCC[C@@H]2CO)c1. The van der Waals surface area contributed by atoms with Gasteiger partial charge in [-0.1, -0.05) is 0 Å². The van der Waals surface area contributed by atoms with Gasteiger partial charge in [-0.2, -0.15) is 0 Å². The van der Waals surface area contributed by atoms with E-state index in [2.05, 4.69) is 4.98 Å². The van der Waals surface area contributed by atoms with Gasteiger partial charge < -0.3 is 10.0 Å². The quantitative estimate of drug-likeness (QED) is 0.808. The molecular formula is C12H16N2O2. The first kappa shape index (κ1) is 11.1. The van der Waals surface area contributed by atoms with Crippen LogP contribution < -0.4 is 0 Å². The molecule has 2 heterocycles. The molecule has 2 rings (SSSR count). The van der Waals surface area contributed by atoms with Crippen molar-refractivity contribution in [3.63, 3.8) is 0 Å². The minimum absolute atomic E-state index is 0.0204. The van der Waals surface area contributed by atoms with Crippen molar-refractivity contribution in [1.29, 1.82) is 0 Å². The van der Waals surface area contributed by atoms with Crippen molar-refractivity contribution in [2.45, 2.75) is 25.8 Å². The van der Waals surface area contributed by atoms with E-state index in [0.29, 0.717) is 5.56 Å². The second kappa shape index (κ2) is 4.61. The molecule has 1 aliphatic rings. The van der Waals surface area contributed by atoms with Crippen LogP contribution in [0.4, 0.5) is 0 Å². The van der Waals surface area contributed by atoms with Gasteiger partial charge >= 0.3 is 0 Å². The predicted molar refractivity (Wildman–Crippen MR) is 60.1 cm³/mol. The number of likely N-dealkylation sites (tertiary alicyclic amines) is 1. The average molecular weight is 220 g/mol. The van der Waals surface area contributed by atoms with Crippen molar-refractivity contribution in [3.8, 4) is 0 Å². The van der Waals surface area contributed by atoms with E-state index >= 15 is 0 Å². The monoisotopic (exact) mass is 220 g/mol. The molecule has 1 atom stereocenters. The highest BCUT2D eigenvalue weighted by atomic mass is 16.3. The number of aromatic nitrogens is 1. The molecule has 0 aromatic carbocycles. The number of hydrogen-bond donors (Lipinski definition) is 1. The van der Waals surface area contributed by atoms with Gasteiger partial charge in [-0.15, -0.1) is 0 Å². The van der Waals surface area contributed by atoms with Gasteiger partial charge in [0.25, 0.3) is 5.91 Å². The Labute approximate surface area is 94.9 Å². The summed E-state index contributed by atoms with van der Waals surface area (Å²) < 4.78 is 0. The Balaban J connectivity index is 2.18. The van der Waals surface area contributed by atoms with Crippen molar-refractivity contribution in [2.24, 2.45) is 0 Å². The molecular weight excluding hydrogens is 204 g/mol. The highest BCUT2D eigenvalue weighted by molar-refractivity contribution is 5.94. The topological polar surface area (TPSA) is 53.4 Å². The van der Waals surface area contributed by atoms with Crippen molar-refractivity contribution >= 4 is 5.91 Å². The second-order valence-corrected chi connectivity index (χ2v) is 4.23. The van der Waals surface area contributed by atoms with Crippen LogP contribution in [0.3, 0.4) is 0 Å².